The molecule has 0 saturated carbocycles. The number of pyridine rings is 1. The number of amides is 1. The molecule has 2 N–H and O–H groups in total. The van der Waals surface area contributed by atoms with E-state index in [1.54, 1.807) is 6.20 Å². The number of hydrogen-bond donors (Lipinski definition) is 1. The summed E-state index contributed by atoms with van der Waals surface area (Å²) in [6.07, 6.45) is 2.82. The highest BCUT2D eigenvalue weighted by atomic mass is 31.0. The number of aromatic nitrogens is 1. The van der Waals surface area contributed by atoms with E-state index in [4.69, 9.17) is 5.73 Å². The number of alkyl halides is 1. The van der Waals surface area contributed by atoms with Crippen molar-refractivity contribution in [1.29, 1.82) is 0 Å². The van der Waals surface area contributed by atoms with Crippen molar-refractivity contribution in [2.24, 2.45) is 11.7 Å². The van der Waals surface area contributed by atoms with Crippen LogP contribution in [-0.2, 0) is 11.2 Å². The molecule has 0 aliphatic carbocycles. The summed E-state index contributed by atoms with van der Waals surface area (Å²) < 4.78 is 14.7. The van der Waals surface area contributed by atoms with Crippen LogP contribution >= 0.6 is 9.24 Å². The molecule has 1 aliphatic heterocycles. The third kappa shape index (κ3) is 4.87. The van der Waals surface area contributed by atoms with E-state index in [1.807, 2.05) is 19.9 Å². The zero-order valence-corrected chi connectivity index (χ0v) is 15.5. The second-order valence-corrected chi connectivity index (χ2v) is 7.62. The average Bonchev–Trinajstić information content (AvgIpc) is 2.91. The highest BCUT2D eigenvalue weighted by Gasteiger charge is 2.23. The zero-order valence-electron chi connectivity index (χ0n) is 14.4. The molecule has 1 saturated heterocycles. The molecule has 24 heavy (non-hydrogen) atoms. The monoisotopic (exact) mass is 355 g/mol. The number of halogens is 1. The van der Waals surface area contributed by atoms with Crippen LogP contribution < -0.4 is 16.6 Å². The van der Waals surface area contributed by atoms with Gasteiger partial charge in [-0.1, -0.05) is 23.1 Å². The van der Waals surface area contributed by atoms with Crippen LogP contribution in [0.25, 0.3) is 0 Å². The Balaban J connectivity index is 2.20. The zero-order chi connectivity index (χ0) is 17.9. The quantitative estimate of drug-likeness (QED) is 0.742. The summed E-state index contributed by atoms with van der Waals surface area (Å²) >= 11 is 0. The van der Waals surface area contributed by atoms with Crippen molar-refractivity contribution >= 4 is 20.5 Å². The Morgan fingerprint density at radius 3 is 2.75 bits per heavy atom. The first-order valence-electron chi connectivity index (χ1n) is 8.44. The molecule has 3 atom stereocenters. The number of nitrogens with zero attached hydrogens (tertiary/aromatic N) is 2. The van der Waals surface area contributed by atoms with Gasteiger partial charge in [-0.05, 0) is 36.8 Å². The Hall–Kier alpha value is -1.26. The van der Waals surface area contributed by atoms with E-state index in [2.05, 4.69) is 14.1 Å². The maximum absolute atomic E-state index is 13.3. The molecule has 7 heteroatoms. The molecule has 0 spiro atoms. The summed E-state index contributed by atoms with van der Waals surface area (Å²) in [6, 6.07) is 1.18. The van der Waals surface area contributed by atoms with Crippen LogP contribution in [0.2, 0.25) is 0 Å². The van der Waals surface area contributed by atoms with E-state index < -0.39 is 18.1 Å². The highest BCUT2D eigenvalue weighted by Crippen LogP contribution is 2.17. The van der Waals surface area contributed by atoms with Crippen molar-refractivity contribution in [2.45, 2.75) is 45.3 Å². The van der Waals surface area contributed by atoms with E-state index in [-0.39, 0.29) is 11.5 Å². The minimum atomic E-state index is -0.735. The standard InChI is InChI=1S/C17H27FN3O2P/c1-11(2)7-14(16(19)22)21-9-12(8-15(24)17(21)23)3-5-20-6-4-13(18)10-20/h8-9,11,13-14H,3-7,10,24H2,1-2H3,(H2,19,22)/t13-,14?/m1/s1. The number of carbonyl (C=O) groups is 1. The van der Waals surface area contributed by atoms with Crippen LogP contribution in [0.3, 0.4) is 0 Å². The highest BCUT2D eigenvalue weighted by molar-refractivity contribution is 7.27. The predicted octanol–water partition coefficient (Wildman–Crippen LogP) is 1.01. The van der Waals surface area contributed by atoms with Gasteiger partial charge >= 0.3 is 0 Å². The lowest BCUT2D eigenvalue weighted by Crippen LogP contribution is -2.39. The lowest BCUT2D eigenvalue weighted by molar-refractivity contribution is -0.121. The molecular formula is C17H27FN3O2P. The Morgan fingerprint density at radius 2 is 2.21 bits per heavy atom. The summed E-state index contributed by atoms with van der Waals surface area (Å²) in [5.41, 5.74) is 6.26. The predicted molar refractivity (Wildman–Crippen MR) is 97.4 cm³/mol. The number of rotatable bonds is 7. The largest absolute Gasteiger partial charge is 0.368 e. The van der Waals surface area contributed by atoms with Crippen molar-refractivity contribution in [2.75, 3.05) is 19.6 Å². The van der Waals surface area contributed by atoms with Crippen LogP contribution in [0.5, 0.6) is 0 Å². The van der Waals surface area contributed by atoms with Gasteiger partial charge in [0.25, 0.3) is 5.56 Å². The second-order valence-electron chi connectivity index (χ2n) is 7.00. The lowest BCUT2D eigenvalue weighted by atomic mass is 10.0. The fourth-order valence-electron chi connectivity index (χ4n) is 3.14. The average molecular weight is 355 g/mol. The second kappa shape index (κ2) is 8.21. The normalized spacial score (nSPS) is 19.8. The molecule has 0 bridgehead atoms. The van der Waals surface area contributed by atoms with Gasteiger partial charge in [-0.15, -0.1) is 0 Å². The first-order valence-corrected chi connectivity index (χ1v) is 9.02. The molecule has 1 amide bonds. The van der Waals surface area contributed by atoms with Gasteiger partial charge in [-0.25, -0.2) is 4.39 Å². The Kier molecular flexibility index (Phi) is 6.53. The van der Waals surface area contributed by atoms with Gasteiger partial charge in [0, 0.05) is 31.1 Å². The Labute approximate surface area is 144 Å². The summed E-state index contributed by atoms with van der Waals surface area (Å²) in [6.45, 7) is 5.98. The molecular weight excluding hydrogens is 328 g/mol. The molecule has 1 fully saturated rings. The maximum Gasteiger partial charge on any atom is 0.258 e. The van der Waals surface area contributed by atoms with Gasteiger partial charge in [0.1, 0.15) is 12.2 Å². The smallest absolute Gasteiger partial charge is 0.258 e. The molecule has 1 aromatic rings. The van der Waals surface area contributed by atoms with Crippen molar-refractivity contribution < 1.29 is 9.18 Å². The molecule has 0 aromatic carbocycles. The lowest BCUT2D eigenvalue weighted by Gasteiger charge is -2.21. The molecule has 1 aromatic heterocycles. The molecule has 1 aliphatic rings. The summed E-state index contributed by atoms with van der Waals surface area (Å²) in [7, 11) is 2.43. The molecule has 134 valence electrons. The van der Waals surface area contributed by atoms with Gasteiger partial charge in [0.2, 0.25) is 5.91 Å². The summed E-state index contributed by atoms with van der Waals surface area (Å²) in [4.78, 5) is 26.3. The van der Waals surface area contributed by atoms with Crippen LogP contribution in [0.4, 0.5) is 4.39 Å². The summed E-state index contributed by atoms with van der Waals surface area (Å²) in [5, 5.41) is 0.521. The van der Waals surface area contributed by atoms with Crippen LogP contribution in [0.15, 0.2) is 17.1 Å². The topological polar surface area (TPSA) is 68.3 Å². The van der Waals surface area contributed by atoms with Gasteiger partial charge in [-0.3, -0.25) is 9.59 Å². The Bertz CT molecular complexity index is 647. The first-order chi connectivity index (χ1) is 11.3. The van der Waals surface area contributed by atoms with Gasteiger partial charge in [0.15, 0.2) is 0 Å². The van der Waals surface area contributed by atoms with Crippen molar-refractivity contribution in [3.63, 3.8) is 0 Å². The van der Waals surface area contributed by atoms with Crippen LogP contribution in [0.1, 0.15) is 38.3 Å². The summed E-state index contributed by atoms with van der Waals surface area (Å²) in [5.74, 6) is -0.246. The fraction of sp³-hybridized carbons (Fsp3) is 0.647. The Morgan fingerprint density at radius 1 is 1.50 bits per heavy atom. The molecule has 2 unspecified atom stereocenters. The van der Waals surface area contributed by atoms with E-state index in [0.717, 1.165) is 18.7 Å². The van der Waals surface area contributed by atoms with Gasteiger partial charge in [-0.2, -0.15) is 0 Å². The number of carbonyl (C=O) groups excluding carboxylic acids is 1. The number of nitrogens with two attached hydrogens (primary N) is 1. The van der Waals surface area contributed by atoms with Crippen molar-refractivity contribution in [1.82, 2.24) is 9.47 Å². The number of likely N-dealkylation sites (tertiary alicyclic amines) is 1. The van der Waals surface area contributed by atoms with E-state index >= 15 is 0 Å². The number of hydrogen-bond acceptors (Lipinski definition) is 3. The minimum Gasteiger partial charge on any atom is -0.368 e. The van der Waals surface area contributed by atoms with Crippen molar-refractivity contribution in [3.8, 4) is 0 Å². The van der Waals surface area contributed by atoms with E-state index in [9.17, 15) is 14.0 Å². The van der Waals surface area contributed by atoms with Crippen LogP contribution in [0, 0.1) is 5.92 Å². The van der Waals surface area contributed by atoms with E-state index in [0.29, 0.717) is 31.1 Å². The molecule has 0 radical (unpaired) electrons. The third-order valence-electron chi connectivity index (χ3n) is 4.42. The molecule has 2 heterocycles. The minimum absolute atomic E-state index is 0.210. The SMILES string of the molecule is CC(C)CC(C(N)=O)n1cc(CCN2CC[C@@H](F)C2)cc(P)c1=O. The first kappa shape index (κ1) is 19.1. The molecule has 5 nitrogen and oxygen atoms in total. The van der Waals surface area contributed by atoms with Crippen molar-refractivity contribution in [3.05, 3.63) is 28.2 Å². The van der Waals surface area contributed by atoms with Gasteiger partial charge < -0.3 is 15.2 Å². The number of primary amides is 1. The fourth-order valence-corrected chi connectivity index (χ4v) is 3.51. The van der Waals surface area contributed by atoms with Gasteiger partial charge in [0.05, 0.1) is 0 Å². The molecule has 2 rings (SSSR count). The van der Waals surface area contributed by atoms with E-state index in [1.165, 1.54) is 4.57 Å². The maximum atomic E-state index is 13.3. The third-order valence-corrected chi connectivity index (χ3v) is 4.83. The van der Waals surface area contributed by atoms with Crippen LogP contribution in [-0.4, -0.2) is 41.2 Å².